The molecule has 0 bridgehead atoms. The zero-order chi connectivity index (χ0) is 19.8. The molecule has 0 atom stereocenters. The normalized spacial score (nSPS) is 10.9. The highest BCUT2D eigenvalue weighted by molar-refractivity contribution is 5.69. The molecule has 0 saturated heterocycles. The third-order valence-corrected chi connectivity index (χ3v) is 4.23. The summed E-state index contributed by atoms with van der Waals surface area (Å²) in [6.07, 6.45) is 2.25. The van der Waals surface area contributed by atoms with Crippen LogP contribution in [0.4, 0.5) is 4.39 Å². The van der Waals surface area contributed by atoms with E-state index in [1.165, 1.54) is 12.1 Å². The molecule has 0 spiro atoms. The van der Waals surface area contributed by atoms with Crippen LogP contribution in [0.2, 0.25) is 0 Å². The summed E-state index contributed by atoms with van der Waals surface area (Å²) in [5.41, 5.74) is 1.79. The van der Waals surface area contributed by atoms with Gasteiger partial charge in [0.05, 0.1) is 19.4 Å². The Labute approximate surface area is 163 Å². The molecule has 1 heterocycles. The third-order valence-electron chi connectivity index (χ3n) is 4.23. The van der Waals surface area contributed by atoms with E-state index >= 15 is 0 Å². The number of furan rings is 1. The molecule has 1 aromatic heterocycles. The first-order chi connectivity index (χ1) is 13.6. The van der Waals surface area contributed by atoms with E-state index in [2.05, 4.69) is 0 Å². The predicted octanol–water partition coefficient (Wildman–Crippen LogP) is 4.13. The van der Waals surface area contributed by atoms with E-state index < -0.39 is 5.97 Å². The number of hydrogen-bond acceptors (Lipinski definition) is 4. The van der Waals surface area contributed by atoms with Gasteiger partial charge < -0.3 is 14.3 Å². The van der Waals surface area contributed by atoms with Gasteiger partial charge in [0.1, 0.15) is 23.9 Å². The average molecular weight is 383 g/mol. The molecule has 0 fully saturated rings. The molecule has 6 heteroatoms. The Bertz CT molecular complexity index is 895. The summed E-state index contributed by atoms with van der Waals surface area (Å²) in [5.74, 6) is 0.259. The molecule has 3 rings (SSSR count). The summed E-state index contributed by atoms with van der Waals surface area (Å²) in [6, 6.07) is 17.6. The molecule has 3 aromatic rings. The molecule has 0 saturated carbocycles. The first kappa shape index (κ1) is 19.6. The van der Waals surface area contributed by atoms with Crippen molar-refractivity contribution in [2.75, 3.05) is 13.1 Å². The monoisotopic (exact) mass is 383 g/mol. The summed E-state index contributed by atoms with van der Waals surface area (Å²) in [6.45, 7) is 1.23. The minimum atomic E-state index is -0.876. The van der Waals surface area contributed by atoms with E-state index in [9.17, 15) is 9.18 Å². The maximum absolute atomic E-state index is 13.3. The van der Waals surface area contributed by atoms with Crippen LogP contribution in [0.1, 0.15) is 16.9 Å². The van der Waals surface area contributed by atoms with E-state index in [1.807, 2.05) is 41.3 Å². The molecule has 0 amide bonds. The number of rotatable bonds is 10. The lowest BCUT2D eigenvalue weighted by atomic mass is 10.1. The highest BCUT2D eigenvalue weighted by Gasteiger charge is 2.12. The second-order valence-corrected chi connectivity index (χ2v) is 6.50. The van der Waals surface area contributed by atoms with Crippen molar-refractivity contribution in [3.63, 3.8) is 0 Å². The Morgan fingerprint density at radius 1 is 1.07 bits per heavy atom. The van der Waals surface area contributed by atoms with Crippen molar-refractivity contribution in [2.24, 2.45) is 0 Å². The average Bonchev–Trinajstić information content (AvgIpc) is 3.18. The number of carbonyl (C=O) groups is 1. The first-order valence-electron chi connectivity index (χ1n) is 9.01. The van der Waals surface area contributed by atoms with Crippen LogP contribution in [0.5, 0.6) is 5.75 Å². The van der Waals surface area contributed by atoms with Crippen molar-refractivity contribution in [2.45, 2.75) is 19.6 Å². The Morgan fingerprint density at radius 3 is 2.64 bits per heavy atom. The van der Waals surface area contributed by atoms with Gasteiger partial charge in [0.15, 0.2) is 0 Å². The molecule has 1 N–H and O–H groups in total. The predicted molar refractivity (Wildman–Crippen MR) is 102 cm³/mol. The van der Waals surface area contributed by atoms with Crippen LogP contribution in [0, 0.1) is 5.82 Å². The van der Waals surface area contributed by atoms with Crippen molar-refractivity contribution in [1.82, 2.24) is 4.90 Å². The van der Waals surface area contributed by atoms with Gasteiger partial charge in [-0.3, -0.25) is 9.69 Å². The second kappa shape index (κ2) is 9.71. The third kappa shape index (κ3) is 6.25. The summed E-state index contributed by atoms with van der Waals surface area (Å²) in [7, 11) is 0. The second-order valence-electron chi connectivity index (χ2n) is 6.50. The van der Waals surface area contributed by atoms with Crippen LogP contribution >= 0.6 is 0 Å². The molecule has 0 aliphatic rings. The van der Waals surface area contributed by atoms with Crippen LogP contribution in [0.25, 0.3) is 0 Å². The highest BCUT2D eigenvalue weighted by Crippen LogP contribution is 2.17. The van der Waals surface area contributed by atoms with Gasteiger partial charge in [-0.05, 0) is 53.9 Å². The fraction of sp³-hybridized carbons (Fsp3) is 0.227. The fourth-order valence-corrected chi connectivity index (χ4v) is 2.90. The van der Waals surface area contributed by atoms with Crippen LogP contribution in [0.15, 0.2) is 71.3 Å². The van der Waals surface area contributed by atoms with Gasteiger partial charge in [0.25, 0.3) is 0 Å². The molecule has 2 aromatic carbocycles. The summed E-state index contributed by atoms with van der Waals surface area (Å²) in [4.78, 5) is 12.9. The molecule has 0 radical (unpaired) electrons. The number of carboxylic acid groups (broad SMARTS) is 1. The number of nitrogens with zero attached hydrogens (tertiary/aromatic N) is 1. The Morgan fingerprint density at radius 2 is 1.89 bits per heavy atom. The quantitative estimate of drug-likeness (QED) is 0.570. The molecule has 5 nitrogen and oxygen atoms in total. The maximum atomic E-state index is 13.3. The van der Waals surface area contributed by atoms with E-state index in [0.717, 1.165) is 16.9 Å². The smallest absolute Gasteiger partial charge is 0.317 e. The van der Waals surface area contributed by atoms with Gasteiger partial charge in [-0.1, -0.05) is 24.3 Å². The molecule has 0 unspecified atom stereocenters. The number of halogens is 1. The van der Waals surface area contributed by atoms with Gasteiger partial charge in [-0.15, -0.1) is 0 Å². The van der Waals surface area contributed by atoms with E-state index in [-0.39, 0.29) is 19.0 Å². The Kier molecular flexibility index (Phi) is 6.81. The first-order valence-corrected chi connectivity index (χ1v) is 9.01. The van der Waals surface area contributed by atoms with Gasteiger partial charge in [0.2, 0.25) is 0 Å². The Balaban J connectivity index is 1.57. The zero-order valence-corrected chi connectivity index (χ0v) is 15.4. The van der Waals surface area contributed by atoms with Crippen LogP contribution < -0.4 is 4.74 Å². The fourth-order valence-electron chi connectivity index (χ4n) is 2.90. The molecular formula is C22H22FNO4. The van der Waals surface area contributed by atoms with Gasteiger partial charge in [-0.2, -0.15) is 0 Å². The molecule has 28 heavy (non-hydrogen) atoms. The topological polar surface area (TPSA) is 62.9 Å². The number of ether oxygens (including phenoxy) is 1. The number of benzene rings is 2. The molecule has 0 aliphatic carbocycles. The van der Waals surface area contributed by atoms with E-state index in [1.54, 1.807) is 18.4 Å². The SMILES string of the molecule is O=C(O)CN(CCc1cccc(OCc2cccc(F)c2)c1)Cc1ccco1. The van der Waals surface area contributed by atoms with Gasteiger partial charge in [-0.25, -0.2) is 4.39 Å². The summed E-state index contributed by atoms with van der Waals surface area (Å²) in [5, 5.41) is 9.13. The molecule has 0 aliphatic heterocycles. The number of carboxylic acids is 1. The van der Waals surface area contributed by atoms with Gasteiger partial charge in [0, 0.05) is 6.54 Å². The highest BCUT2D eigenvalue weighted by atomic mass is 19.1. The van der Waals surface area contributed by atoms with Crippen molar-refractivity contribution < 1.29 is 23.4 Å². The summed E-state index contributed by atoms with van der Waals surface area (Å²) >= 11 is 0. The number of hydrogen-bond donors (Lipinski definition) is 1. The maximum Gasteiger partial charge on any atom is 0.317 e. The van der Waals surface area contributed by atoms with Crippen molar-refractivity contribution in [3.8, 4) is 5.75 Å². The Hall–Kier alpha value is -3.12. The van der Waals surface area contributed by atoms with Crippen LogP contribution in [0.3, 0.4) is 0 Å². The largest absolute Gasteiger partial charge is 0.489 e. The zero-order valence-electron chi connectivity index (χ0n) is 15.4. The van der Waals surface area contributed by atoms with Gasteiger partial charge >= 0.3 is 5.97 Å². The lowest BCUT2D eigenvalue weighted by Gasteiger charge is -2.19. The van der Waals surface area contributed by atoms with Crippen molar-refractivity contribution in [1.29, 1.82) is 0 Å². The minimum Gasteiger partial charge on any atom is -0.489 e. The van der Waals surface area contributed by atoms with E-state index in [0.29, 0.717) is 25.3 Å². The van der Waals surface area contributed by atoms with E-state index in [4.69, 9.17) is 14.3 Å². The lowest BCUT2D eigenvalue weighted by Crippen LogP contribution is -2.31. The van der Waals surface area contributed by atoms with Crippen LogP contribution in [-0.4, -0.2) is 29.1 Å². The molecular weight excluding hydrogens is 361 g/mol. The van der Waals surface area contributed by atoms with Crippen molar-refractivity contribution in [3.05, 3.63) is 89.6 Å². The van der Waals surface area contributed by atoms with Crippen molar-refractivity contribution >= 4 is 5.97 Å². The lowest BCUT2D eigenvalue weighted by molar-refractivity contribution is -0.138. The van der Waals surface area contributed by atoms with Crippen LogP contribution in [-0.2, 0) is 24.4 Å². The number of aliphatic carboxylic acids is 1. The molecule has 146 valence electrons. The summed E-state index contributed by atoms with van der Waals surface area (Å²) < 4.78 is 24.3. The minimum absolute atomic E-state index is 0.0591. The standard InChI is InChI=1S/C22H22FNO4/c23-19-6-1-5-18(12-19)16-28-20-7-2-4-17(13-20)9-10-24(15-22(25)26)14-21-8-3-11-27-21/h1-8,11-13H,9-10,14-16H2,(H,25,26).